The van der Waals surface area contributed by atoms with E-state index in [1.807, 2.05) is 0 Å². The number of nitrogen functional groups attached to an aromatic ring is 1. The van der Waals surface area contributed by atoms with Crippen LogP contribution in [0.3, 0.4) is 0 Å². The van der Waals surface area contributed by atoms with Crippen LogP contribution in [0.5, 0.6) is 0 Å². The molecule has 1 aromatic heterocycles. The van der Waals surface area contributed by atoms with E-state index >= 15 is 0 Å². The highest BCUT2D eigenvalue weighted by Gasteiger charge is 2.14. The standard InChI is InChI=1S/C18H21N3/c1-13-8-11-17-16(12-13)20-18(19)21(17)14(2)9-10-15-6-4-3-5-7-15/h3-8,11-12,14H,9-10H2,1-2H3,(H2,19,20). The van der Waals surface area contributed by atoms with Gasteiger partial charge in [0.15, 0.2) is 0 Å². The summed E-state index contributed by atoms with van der Waals surface area (Å²) in [4.78, 5) is 4.49. The number of hydrogen-bond donors (Lipinski definition) is 1. The van der Waals surface area contributed by atoms with Crippen LogP contribution in [0.2, 0.25) is 0 Å². The van der Waals surface area contributed by atoms with Gasteiger partial charge in [-0.05, 0) is 49.9 Å². The van der Waals surface area contributed by atoms with E-state index in [4.69, 9.17) is 5.73 Å². The summed E-state index contributed by atoms with van der Waals surface area (Å²) in [6, 6.07) is 17.2. The highest BCUT2D eigenvalue weighted by molar-refractivity contribution is 5.79. The van der Waals surface area contributed by atoms with E-state index in [0.29, 0.717) is 12.0 Å². The van der Waals surface area contributed by atoms with Crippen molar-refractivity contribution < 1.29 is 0 Å². The molecule has 0 saturated carbocycles. The Bertz CT molecular complexity index is 744. The molecule has 21 heavy (non-hydrogen) atoms. The molecule has 108 valence electrons. The van der Waals surface area contributed by atoms with Crippen LogP contribution in [0.25, 0.3) is 11.0 Å². The lowest BCUT2D eigenvalue weighted by Gasteiger charge is -2.16. The highest BCUT2D eigenvalue weighted by atomic mass is 15.2. The molecule has 3 aromatic rings. The maximum absolute atomic E-state index is 6.13. The number of nitrogens with zero attached hydrogens (tertiary/aromatic N) is 2. The van der Waals surface area contributed by atoms with Crippen molar-refractivity contribution in [2.24, 2.45) is 0 Å². The summed E-state index contributed by atoms with van der Waals surface area (Å²) in [5, 5.41) is 0. The van der Waals surface area contributed by atoms with Gasteiger partial charge in [-0.25, -0.2) is 4.98 Å². The van der Waals surface area contributed by atoms with Crippen LogP contribution in [0.1, 0.15) is 30.5 Å². The monoisotopic (exact) mass is 279 g/mol. The van der Waals surface area contributed by atoms with Crippen LogP contribution >= 0.6 is 0 Å². The average molecular weight is 279 g/mol. The Morgan fingerprint density at radius 1 is 1.14 bits per heavy atom. The van der Waals surface area contributed by atoms with Crippen LogP contribution in [0.15, 0.2) is 48.5 Å². The van der Waals surface area contributed by atoms with Crippen LogP contribution in [-0.4, -0.2) is 9.55 Å². The lowest BCUT2D eigenvalue weighted by atomic mass is 10.1. The molecule has 3 nitrogen and oxygen atoms in total. The number of benzene rings is 2. The predicted octanol–water partition coefficient (Wildman–Crippen LogP) is 4.12. The Hall–Kier alpha value is -2.29. The molecule has 0 amide bonds. The summed E-state index contributed by atoms with van der Waals surface area (Å²) in [5.41, 5.74) is 10.8. The first-order valence-electron chi connectivity index (χ1n) is 7.43. The molecule has 1 heterocycles. The minimum atomic E-state index is 0.331. The molecule has 0 bridgehead atoms. The van der Waals surface area contributed by atoms with E-state index in [2.05, 4.69) is 71.9 Å². The molecule has 0 spiro atoms. The van der Waals surface area contributed by atoms with Gasteiger partial charge < -0.3 is 10.3 Å². The molecule has 0 saturated heterocycles. The van der Waals surface area contributed by atoms with E-state index in [0.717, 1.165) is 23.9 Å². The average Bonchev–Trinajstić information content (AvgIpc) is 2.81. The summed E-state index contributed by atoms with van der Waals surface area (Å²) in [6.07, 6.45) is 2.10. The quantitative estimate of drug-likeness (QED) is 0.780. The second kappa shape index (κ2) is 5.60. The summed E-state index contributed by atoms with van der Waals surface area (Å²) in [5.74, 6) is 0.608. The molecule has 0 fully saturated rings. The topological polar surface area (TPSA) is 43.8 Å². The molecule has 1 unspecified atom stereocenters. The molecule has 2 N–H and O–H groups in total. The SMILES string of the molecule is Cc1ccc2c(c1)nc(N)n2C(C)CCc1ccccc1. The zero-order valence-electron chi connectivity index (χ0n) is 12.6. The smallest absolute Gasteiger partial charge is 0.201 e. The van der Waals surface area contributed by atoms with Gasteiger partial charge in [-0.15, -0.1) is 0 Å². The molecule has 0 radical (unpaired) electrons. The number of aryl methyl sites for hydroxylation is 2. The van der Waals surface area contributed by atoms with Crippen molar-refractivity contribution in [2.45, 2.75) is 32.7 Å². The minimum Gasteiger partial charge on any atom is -0.369 e. The number of hydrogen-bond acceptors (Lipinski definition) is 2. The molecule has 3 rings (SSSR count). The first-order valence-corrected chi connectivity index (χ1v) is 7.43. The molecule has 3 heteroatoms. The second-order valence-electron chi connectivity index (χ2n) is 5.71. The van der Waals surface area contributed by atoms with Crippen molar-refractivity contribution in [3.05, 3.63) is 59.7 Å². The number of anilines is 1. The lowest BCUT2D eigenvalue weighted by molar-refractivity contribution is 0.525. The van der Waals surface area contributed by atoms with E-state index in [1.165, 1.54) is 11.1 Å². The van der Waals surface area contributed by atoms with Crippen molar-refractivity contribution >= 4 is 17.0 Å². The third kappa shape index (κ3) is 2.77. The molecular formula is C18H21N3. The normalized spacial score (nSPS) is 12.7. The third-order valence-electron chi connectivity index (χ3n) is 4.01. The van der Waals surface area contributed by atoms with Crippen LogP contribution in [0.4, 0.5) is 5.95 Å². The van der Waals surface area contributed by atoms with Crippen LogP contribution < -0.4 is 5.73 Å². The minimum absolute atomic E-state index is 0.331. The van der Waals surface area contributed by atoms with Gasteiger partial charge in [0.05, 0.1) is 11.0 Å². The van der Waals surface area contributed by atoms with Gasteiger partial charge in [-0.2, -0.15) is 0 Å². The van der Waals surface area contributed by atoms with Gasteiger partial charge in [0.25, 0.3) is 0 Å². The van der Waals surface area contributed by atoms with Gasteiger partial charge in [0.2, 0.25) is 5.95 Å². The number of imidazole rings is 1. The first-order chi connectivity index (χ1) is 10.1. The van der Waals surface area contributed by atoms with Crippen LogP contribution in [-0.2, 0) is 6.42 Å². The summed E-state index contributed by atoms with van der Waals surface area (Å²) < 4.78 is 2.15. The van der Waals surface area contributed by atoms with Crippen molar-refractivity contribution in [3.8, 4) is 0 Å². The maximum atomic E-state index is 6.13. The Morgan fingerprint density at radius 2 is 1.90 bits per heavy atom. The fourth-order valence-electron chi connectivity index (χ4n) is 2.84. The van der Waals surface area contributed by atoms with Gasteiger partial charge in [-0.1, -0.05) is 36.4 Å². The number of rotatable bonds is 4. The van der Waals surface area contributed by atoms with Crippen molar-refractivity contribution in [1.29, 1.82) is 0 Å². The molecule has 0 aliphatic heterocycles. The zero-order valence-corrected chi connectivity index (χ0v) is 12.6. The largest absolute Gasteiger partial charge is 0.369 e. The van der Waals surface area contributed by atoms with E-state index < -0.39 is 0 Å². The summed E-state index contributed by atoms with van der Waals surface area (Å²) in [6.45, 7) is 4.29. The van der Waals surface area contributed by atoms with Gasteiger partial charge in [0, 0.05) is 6.04 Å². The Morgan fingerprint density at radius 3 is 2.67 bits per heavy atom. The third-order valence-corrected chi connectivity index (χ3v) is 4.01. The molecule has 0 aliphatic carbocycles. The van der Waals surface area contributed by atoms with E-state index in [9.17, 15) is 0 Å². The Kier molecular flexibility index (Phi) is 3.65. The number of aromatic nitrogens is 2. The first kappa shape index (κ1) is 13.7. The van der Waals surface area contributed by atoms with Gasteiger partial charge >= 0.3 is 0 Å². The summed E-state index contributed by atoms with van der Waals surface area (Å²) >= 11 is 0. The maximum Gasteiger partial charge on any atom is 0.201 e. The predicted molar refractivity (Wildman–Crippen MR) is 88.4 cm³/mol. The van der Waals surface area contributed by atoms with Gasteiger partial charge in [-0.3, -0.25) is 0 Å². The number of fused-ring (bicyclic) bond motifs is 1. The molecule has 2 aromatic carbocycles. The van der Waals surface area contributed by atoms with E-state index in [-0.39, 0.29) is 0 Å². The zero-order chi connectivity index (χ0) is 14.8. The van der Waals surface area contributed by atoms with Crippen molar-refractivity contribution in [2.75, 3.05) is 5.73 Å². The Balaban J connectivity index is 1.84. The van der Waals surface area contributed by atoms with Crippen LogP contribution in [0, 0.1) is 6.92 Å². The second-order valence-corrected chi connectivity index (χ2v) is 5.71. The molecule has 1 atom stereocenters. The fourth-order valence-corrected chi connectivity index (χ4v) is 2.84. The van der Waals surface area contributed by atoms with Crippen molar-refractivity contribution in [3.63, 3.8) is 0 Å². The summed E-state index contributed by atoms with van der Waals surface area (Å²) in [7, 11) is 0. The Labute approximate surface area is 125 Å². The van der Waals surface area contributed by atoms with E-state index in [1.54, 1.807) is 0 Å². The highest BCUT2D eigenvalue weighted by Crippen LogP contribution is 2.26. The van der Waals surface area contributed by atoms with Crippen molar-refractivity contribution in [1.82, 2.24) is 9.55 Å². The molecular weight excluding hydrogens is 258 g/mol. The van der Waals surface area contributed by atoms with Gasteiger partial charge in [0.1, 0.15) is 0 Å². The fraction of sp³-hybridized carbons (Fsp3) is 0.278. The number of nitrogens with two attached hydrogens (primary N) is 1. The lowest BCUT2D eigenvalue weighted by Crippen LogP contribution is -2.09. The molecule has 0 aliphatic rings.